The van der Waals surface area contributed by atoms with Gasteiger partial charge in [0.05, 0.1) is 6.10 Å². The van der Waals surface area contributed by atoms with Gasteiger partial charge in [-0.1, -0.05) is 6.92 Å². The highest BCUT2D eigenvalue weighted by molar-refractivity contribution is 5.96. The van der Waals surface area contributed by atoms with E-state index in [0.717, 1.165) is 12.0 Å². The fourth-order valence-corrected chi connectivity index (χ4v) is 2.03. The molecule has 0 aromatic heterocycles. The van der Waals surface area contributed by atoms with Gasteiger partial charge >= 0.3 is 0 Å². The summed E-state index contributed by atoms with van der Waals surface area (Å²) >= 11 is 0. The summed E-state index contributed by atoms with van der Waals surface area (Å²) in [6.45, 7) is 3.80. The van der Waals surface area contributed by atoms with Crippen molar-refractivity contribution >= 4 is 5.78 Å². The Bertz CT molecular complexity index is 254. The summed E-state index contributed by atoms with van der Waals surface area (Å²) in [5, 5.41) is 9.64. The van der Waals surface area contributed by atoms with Crippen LogP contribution < -0.4 is 0 Å². The summed E-state index contributed by atoms with van der Waals surface area (Å²) in [6.07, 6.45) is 2.07. The number of hydrogen-bond donors (Lipinski definition) is 1. The number of rotatable bonds is 0. The number of ketones is 1. The molecule has 1 fully saturated rings. The molecule has 0 bridgehead atoms. The molecule has 2 rings (SSSR count). The average molecular weight is 152 g/mol. The van der Waals surface area contributed by atoms with Gasteiger partial charge in [0.1, 0.15) is 0 Å². The third kappa shape index (κ3) is 0.732. The molecule has 0 heterocycles. The van der Waals surface area contributed by atoms with Crippen molar-refractivity contribution < 1.29 is 9.90 Å². The van der Waals surface area contributed by atoms with Crippen molar-refractivity contribution in [3.05, 3.63) is 11.6 Å². The fraction of sp³-hybridized carbons (Fsp3) is 0.667. The monoisotopic (exact) mass is 152 g/mol. The van der Waals surface area contributed by atoms with Gasteiger partial charge in [-0.05, 0) is 25.0 Å². The summed E-state index contributed by atoms with van der Waals surface area (Å²) in [5.74, 6) is 0.316. The van der Waals surface area contributed by atoms with E-state index in [4.69, 9.17) is 0 Å². The van der Waals surface area contributed by atoms with E-state index in [2.05, 4.69) is 0 Å². The molecule has 1 N–H and O–H groups in total. The van der Waals surface area contributed by atoms with Crippen molar-refractivity contribution in [3.8, 4) is 0 Å². The maximum absolute atomic E-state index is 11.2. The quantitative estimate of drug-likeness (QED) is 0.560. The third-order valence-corrected chi connectivity index (χ3v) is 3.05. The predicted molar refractivity (Wildman–Crippen MR) is 41.0 cm³/mol. The lowest BCUT2D eigenvalue weighted by molar-refractivity contribution is -0.117. The standard InChI is InChI=1S/C9H12O2/c1-5-3-7(10)6-4-9(6,2)8(5)11/h3,6,8,11H,4H2,1-2H3. The molecule has 11 heavy (non-hydrogen) atoms. The summed E-state index contributed by atoms with van der Waals surface area (Å²) in [7, 11) is 0. The van der Waals surface area contributed by atoms with E-state index in [1.807, 2.05) is 13.8 Å². The first-order valence-corrected chi connectivity index (χ1v) is 3.96. The molecular formula is C9H12O2. The summed E-state index contributed by atoms with van der Waals surface area (Å²) in [4.78, 5) is 11.2. The molecule has 3 unspecified atom stereocenters. The summed E-state index contributed by atoms with van der Waals surface area (Å²) in [5.41, 5.74) is 0.710. The number of carbonyl (C=O) groups excluding carboxylic acids is 1. The molecule has 0 amide bonds. The van der Waals surface area contributed by atoms with Crippen molar-refractivity contribution in [1.82, 2.24) is 0 Å². The molecule has 2 nitrogen and oxygen atoms in total. The van der Waals surface area contributed by atoms with Gasteiger partial charge in [-0.3, -0.25) is 4.79 Å². The van der Waals surface area contributed by atoms with Crippen molar-refractivity contribution in [2.24, 2.45) is 11.3 Å². The Hall–Kier alpha value is -0.630. The van der Waals surface area contributed by atoms with E-state index < -0.39 is 0 Å². The molecule has 0 aromatic carbocycles. The molecule has 2 aliphatic rings. The lowest BCUT2D eigenvalue weighted by Gasteiger charge is -2.23. The van der Waals surface area contributed by atoms with Crippen molar-refractivity contribution in [3.63, 3.8) is 0 Å². The van der Waals surface area contributed by atoms with Crippen molar-refractivity contribution in [2.45, 2.75) is 26.4 Å². The van der Waals surface area contributed by atoms with Crippen LogP contribution in [0.15, 0.2) is 11.6 Å². The van der Waals surface area contributed by atoms with E-state index in [1.165, 1.54) is 0 Å². The van der Waals surface area contributed by atoms with Crippen molar-refractivity contribution in [1.29, 1.82) is 0 Å². The van der Waals surface area contributed by atoms with Crippen LogP contribution in [0.1, 0.15) is 20.3 Å². The lowest BCUT2D eigenvalue weighted by atomic mass is 9.87. The maximum Gasteiger partial charge on any atom is 0.159 e. The minimum Gasteiger partial charge on any atom is -0.388 e. The fourth-order valence-electron chi connectivity index (χ4n) is 2.03. The minimum atomic E-state index is -0.384. The summed E-state index contributed by atoms with van der Waals surface area (Å²) in [6, 6.07) is 0. The molecule has 0 aromatic rings. The van der Waals surface area contributed by atoms with Crippen LogP contribution >= 0.6 is 0 Å². The molecule has 0 aliphatic heterocycles. The second-order valence-electron chi connectivity index (χ2n) is 3.96. The Balaban J connectivity index is 2.38. The van der Waals surface area contributed by atoms with E-state index >= 15 is 0 Å². The smallest absolute Gasteiger partial charge is 0.159 e. The molecule has 0 radical (unpaired) electrons. The van der Waals surface area contributed by atoms with Crippen molar-refractivity contribution in [2.75, 3.05) is 0 Å². The zero-order valence-electron chi connectivity index (χ0n) is 6.79. The molecule has 0 spiro atoms. The first-order chi connectivity index (χ1) is 5.05. The number of aliphatic hydroxyl groups excluding tert-OH is 1. The van der Waals surface area contributed by atoms with Crippen LogP contribution in [0, 0.1) is 11.3 Å². The normalized spacial score (nSPS) is 48.3. The molecular weight excluding hydrogens is 140 g/mol. The second kappa shape index (κ2) is 1.75. The Morgan fingerprint density at radius 2 is 2.36 bits per heavy atom. The molecule has 3 atom stereocenters. The highest BCUT2D eigenvalue weighted by atomic mass is 16.3. The Morgan fingerprint density at radius 3 is 3.00 bits per heavy atom. The highest BCUT2D eigenvalue weighted by Crippen LogP contribution is 2.58. The van der Waals surface area contributed by atoms with Crippen LogP contribution in [0.4, 0.5) is 0 Å². The minimum absolute atomic E-state index is 0.112. The SMILES string of the molecule is CC1=CC(=O)C2CC2(C)C1O. The van der Waals surface area contributed by atoms with Gasteiger partial charge in [-0.15, -0.1) is 0 Å². The predicted octanol–water partition coefficient (Wildman–Crippen LogP) is 0.903. The van der Waals surface area contributed by atoms with Crippen LogP contribution in [0.2, 0.25) is 0 Å². The number of carbonyl (C=O) groups is 1. The molecule has 0 saturated heterocycles. The number of hydrogen-bond acceptors (Lipinski definition) is 2. The van der Waals surface area contributed by atoms with Gasteiger partial charge in [-0.25, -0.2) is 0 Å². The van der Waals surface area contributed by atoms with E-state index in [0.29, 0.717) is 0 Å². The van der Waals surface area contributed by atoms with Crippen LogP contribution in [-0.2, 0) is 4.79 Å². The first kappa shape index (κ1) is 7.04. The van der Waals surface area contributed by atoms with Gasteiger partial charge in [0.2, 0.25) is 0 Å². The van der Waals surface area contributed by atoms with E-state index in [-0.39, 0.29) is 23.2 Å². The number of allylic oxidation sites excluding steroid dienone is 1. The van der Waals surface area contributed by atoms with Gasteiger partial charge < -0.3 is 5.11 Å². The summed E-state index contributed by atoms with van der Waals surface area (Å²) < 4.78 is 0. The zero-order valence-corrected chi connectivity index (χ0v) is 6.79. The Kier molecular flexibility index (Phi) is 1.12. The van der Waals surface area contributed by atoms with Gasteiger partial charge in [0.15, 0.2) is 5.78 Å². The van der Waals surface area contributed by atoms with Gasteiger partial charge in [-0.2, -0.15) is 0 Å². The average Bonchev–Trinajstić information content (AvgIpc) is 2.60. The zero-order chi connectivity index (χ0) is 8.22. The largest absolute Gasteiger partial charge is 0.388 e. The molecule has 1 saturated carbocycles. The maximum atomic E-state index is 11.2. The first-order valence-electron chi connectivity index (χ1n) is 3.96. The second-order valence-corrected chi connectivity index (χ2v) is 3.96. The number of fused-ring (bicyclic) bond motifs is 1. The Labute approximate surface area is 65.9 Å². The van der Waals surface area contributed by atoms with Gasteiger partial charge in [0, 0.05) is 11.3 Å². The van der Waals surface area contributed by atoms with Crippen LogP contribution in [0.25, 0.3) is 0 Å². The van der Waals surface area contributed by atoms with E-state index in [9.17, 15) is 9.90 Å². The van der Waals surface area contributed by atoms with Gasteiger partial charge in [0.25, 0.3) is 0 Å². The molecule has 2 aliphatic carbocycles. The lowest BCUT2D eigenvalue weighted by Crippen LogP contribution is -2.28. The molecule has 2 heteroatoms. The number of aliphatic hydroxyl groups is 1. The van der Waals surface area contributed by atoms with Crippen LogP contribution in [0.3, 0.4) is 0 Å². The van der Waals surface area contributed by atoms with E-state index in [1.54, 1.807) is 6.08 Å². The van der Waals surface area contributed by atoms with Crippen LogP contribution in [-0.4, -0.2) is 17.0 Å². The van der Waals surface area contributed by atoms with Crippen LogP contribution in [0.5, 0.6) is 0 Å². The third-order valence-electron chi connectivity index (χ3n) is 3.05. The highest BCUT2D eigenvalue weighted by Gasteiger charge is 2.60. The Morgan fingerprint density at radius 1 is 1.73 bits per heavy atom. The topological polar surface area (TPSA) is 37.3 Å². The molecule has 60 valence electrons.